The smallest absolute Gasteiger partial charge is 0.318 e. The highest BCUT2D eigenvalue weighted by Crippen LogP contribution is 1.95. The molecule has 0 saturated carbocycles. The van der Waals surface area contributed by atoms with Gasteiger partial charge in [-0.1, -0.05) is 45.3 Å². The number of carbonyl (C=O) groups is 2. The molecule has 0 aliphatic heterocycles. The zero-order valence-electron chi connectivity index (χ0n) is 11.4. The summed E-state index contributed by atoms with van der Waals surface area (Å²) in [6, 6.07) is 0. The molecule has 0 aromatic carbocycles. The summed E-state index contributed by atoms with van der Waals surface area (Å²) < 4.78 is 9.22. The van der Waals surface area contributed by atoms with Crippen LogP contribution in [0.25, 0.3) is 0 Å². The largest absolute Gasteiger partial charge is 0.461 e. The molecule has 0 N–H and O–H groups in total. The van der Waals surface area contributed by atoms with Crippen molar-refractivity contribution in [3.63, 3.8) is 0 Å². The first kappa shape index (κ1) is 18.6. The van der Waals surface area contributed by atoms with Gasteiger partial charge in [0.25, 0.3) is 0 Å². The second kappa shape index (κ2) is 13.3. The summed E-state index contributed by atoms with van der Waals surface area (Å²) in [6.07, 6.45) is 7.96. The fraction of sp³-hybridized carbons (Fsp3) is 0.571. The summed E-state index contributed by atoms with van der Waals surface area (Å²) in [5, 5.41) is 0. The summed E-state index contributed by atoms with van der Waals surface area (Å²) in [4.78, 5) is 21.8. The maximum Gasteiger partial charge on any atom is 0.318 e. The zero-order chi connectivity index (χ0) is 14.4. The number of esters is 2. The number of carbonyl (C=O) groups excluding carboxylic acids is 2. The summed E-state index contributed by atoms with van der Waals surface area (Å²) >= 11 is 0. The van der Waals surface area contributed by atoms with Crippen molar-refractivity contribution in [2.45, 2.75) is 46.1 Å². The Hall–Kier alpha value is -1.76. The van der Waals surface area contributed by atoms with Crippen molar-refractivity contribution in [1.82, 2.24) is 0 Å². The van der Waals surface area contributed by atoms with E-state index in [0.29, 0.717) is 0 Å². The second-order valence-corrected chi connectivity index (χ2v) is 3.45. The molecule has 1 unspecified atom stereocenters. The Labute approximate surface area is 109 Å². The summed E-state index contributed by atoms with van der Waals surface area (Å²) in [5.41, 5.74) is 0. The van der Waals surface area contributed by atoms with Gasteiger partial charge in [0.05, 0.1) is 0 Å². The highest BCUT2D eigenvalue weighted by Gasteiger charge is 2.13. The minimum atomic E-state index is -0.690. The van der Waals surface area contributed by atoms with Crippen LogP contribution in [0.2, 0.25) is 0 Å². The van der Waals surface area contributed by atoms with E-state index in [4.69, 9.17) is 6.42 Å². The van der Waals surface area contributed by atoms with Crippen LogP contribution >= 0.6 is 0 Å². The monoisotopic (exact) mass is 254 g/mol. The predicted octanol–water partition coefficient (Wildman–Crippen LogP) is 2.48. The normalized spacial score (nSPS) is 10.1. The van der Waals surface area contributed by atoms with Crippen LogP contribution in [0.15, 0.2) is 12.7 Å². The lowest BCUT2D eigenvalue weighted by molar-refractivity contribution is -0.155. The van der Waals surface area contributed by atoms with Gasteiger partial charge >= 0.3 is 11.9 Å². The van der Waals surface area contributed by atoms with Crippen molar-refractivity contribution in [2.24, 2.45) is 0 Å². The summed E-state index contributed by atoms with van der Waals surface area (Å²) in [7, 11) is 0. The van der Waals surface area contributed by atoms with Crippen molar-refractivity contribution < 1.29 is 19.1 Å². The molecule has 18 heavy (non-hydrogen) atoms. The minimum Gasteiger partial charge on any atom is -0.461 e. The molecule has 102 valence electrons. The fourth-order valence-corrected chi connectivity index (χ4v) is 0.594. The average Bonchev–Trinajstić information content (AvgIpc) is 2.36. The van der Waals surface area contributed by atoms with Gasteiger partial charge in [0, 0.05) is 0 Å². The maximum absolute atomic E-state index is 10.9. The molecule has 0 aromatic heterocycles. The topological polar surface area (TPSA) is 52.6 Å². The van der Waals surface area contributed by atoms with E-state index in [1.165, 1.54) is 25.8 Å². The van der Waals surface area contributed by atoms with Gasteiger partial charge in [-0.2, -0.15) is 0 Å². The lowest BCUT2D eigenvalue weighted by Gasteiger charge is -2.06. The standard InChI is InChI=1S/C10H12O4.C4H10/c1-4-6-13-9(11)7-10(12)14-8(3)5-2;1-3-4-2/h2,4,8H,1,6-7H2,3H3;3-4H2,1-2H3. The van der Waals surface area contributed by atoms with Crippen molar-refractivity contribution in [2.75, 3.05) is 6.61 Å². The Morgan fingerprint density at radius 2 is 1.89 bits per heavy atom. The van der Waals surface area contributed by atoms with Gasteiger partial charge in [0.2, 0.25) is 0 Å². The Balaban J connectivity index is 0. The Bertz CT molecular complexity index is 287. The average molecular weight is 254 g/mol. The zero-order valence-corrected chi connectivity index (χ0v) is 11.4. The lowest BCUT2D eigenvalue weighted by Crippen LogP contribution is -2.18. The van der Waals surface area contributed by atoms with Crippen LogP contribution in [-0.4, -0.2) is 24.6 Å². The van der Waals surface area contributed by atoms with Gasteiger partial charge in [-0.05, 0) is 6.92 Å². The predicted molar refractivity (Wildman–Crippen MR) is 70.7 cm³/mol. The van der Waals surface area contributed by atoms with Crippen LogP contribution < -0.4 is 0 Å². The van der Waals surface area contributed by atoms with E-state index in [2.05, 4.69) is 35.8 Å². The third-order valence-electron chi connectivity index (χ3n) is 1.69. The Kier molecular flexibility index (Phi) is 13.7. The molecule has 0 bridgehead atoms. The third kappa shape index (κ3) is 14.2. The van der Waals surface area contributed by atoms with Crippen molar-refractivity contribution in [3.05, 3.63) is 12.7 Å². The third-order valence-corrected chi connectivity index (χ3v) is 1.69. The molecule has 0 aliphatic carbocycles. The van der Waals surface area contributed by atoms with Gasteiger partial charge in [-0.15, -0.1) is 6.42 Å². The van der Waals surface area contributed by atoms with Crippen LogP contribution in [0.1, 0.15) is 40.0 Å². The van der Waals surface area contributed by atoms with Crippen LogP contribution in [0.5, 0.6) is 0 Å². The highest BCUT2D eigenvalue weighted by molar-refractivity contribution is 5.91. The van der Waals surface area contributed by atoms with Gasteiger partial charge in [-0.25, -0.2) is 0 Å². The first-order valence-corrected chi connectivity index (χ1v) is 5.93. The molecule has 0 rings (SSSR count). The van der Waals surface area contributed by atoms with Crippen LogP contribution in [0, 0.1) is 12.3 Å². The second-order valence-electron chi connectivity index (χ2n) is 3.45. The molecular formula is C14H22O4. The summed E-state index contributed by atoms with van der Waals surface area (Å²) in [6.45, 7) is 9.33. The molecule has 0 amide bonds. The minimum absolute atomic E-state index is 0.0802. The van der Waals surface area contributed by atoms with Gasteiger partial charge < -0.3 is 9.47 Å². The number of rotatable bonds is 6. The van der Waals surface area contributed by atoms with E-state index in [1.807, 2.05) is 0 Å². The Morgan fingerprint density at radius 3 is 2.28 bits per heavy atom. The highest BCUT2D eigenvalue weighted by atomic mass is 16.6. The van der Waals surface area contributed by atoms with E-state index >= 15 is 0 Å². The molecular weight excluding hydrogens is 232 g/mol. The van der Waals surface area contributed by atoms with Crippen molar-refractivity contribution in [1.29, 1.82) is 0 Å². The number of hydrogen-bond donors (Lipinski definition) is 0. The molecule has 1 atom stereocenters. The van der Waals surface area contributed by atoms with Gasteiger partial charge in [-0.3, -0.25) is 9.59 Å². The molecule has 0 heterocycles. The molecule has 0 saturated heterocycles. The molecule has 0 aliphatic rings. The fourth-order valence-electron chi connectivity index (χ4n) is 0.594. The van der Waals surface area contributed by atoms with E-state index in [1.54, 1.807) is 0 Å². The van der Waals surface area contributed by atoms with Crippen molar-refractivity contribution >= 4 is 11.9 Å². The van der Waals surface area contributed by atoms with Crippen molar-refractivity contribution in [3.8, 4) is 12.3 Å². The lowest BCUT2D eigenvalue weighted by atomic mass is 10.4. The van der Waals surface area contributed by atoms with E-state index in [-0.39, 0.29) is 6.61 Å². The molecule has 4 nitrogen and oxygen atoms in total. The molecule has 0 aromatic rings. The van der Waals surface area contributed by atoms with E-state index in [0.717, 1.165) is 0 Å². The van der Waals surface area contributed by atoms with E-state index in [9.17, 15) is 9.59 Å². The number of hydrogen-bond acceptors (Lipinski definition) is 4. The molecule has 4 heteroatoms. The molecule has 0 radical (unpaired) electrons. The first-order valence-electron chi connectivity index (χ1n) is 5.93. The molecule has 0 fully saturated rings. The SMILES string of the molecule is C#CC(C)OC(=O)CC(=O)OCC=C.CCCC. The molecule has 0 spiro atoms. The van der Waals surface area contributed by atoms with Crippen LogP contribution in [0.3, 0.4) is 0 Å². The Morgan fingerprint density at radius 1 is 1.33 bits per heavy atom. The number of ether oxygens (including phenoxy) is 2. The quantitative estimate of drug-likeness (QED) is 0.316. The number of unbranched alkanes of at least 4 members (excludes halogenated alkanes) is 1. The number of terminal acetylenes is 1. The van der Waals surface area contributed by atoms with Crippen LogP contribution in [0.4, 0.5) is 0 Å². The van der Waals surface area contributed by atoms with Gasteiger partial charge in [0.1, 0.15) is 13.0 Å². The van der Waals surface area contributed by atoms with Gasteiger partial charge in [0.15, 0.2) is 6.10 Å². The van der Waals surface area contributed by atoms with E-state index < -0.39 is 24.5 Å². The summed E-state index contributed by atoms with van der Waals surface area (Å²) in [5.74, 6) is 0.857. The first-order chi connectivity index (χ1) is 8.51. The maximum atomic E-state index is 10.9. The van der Waals surface area contributed by atoms with Crippen LogP contribution in [-0.2, 0) is 19.1 Å².